The van der Waals surface area contributed by atoms with E-state index in [1.54, 1.807) is 4.57 Å². The van der Waals surface area contributed by atoms with Crippen molar-refractivity contribution in [1.29, 1.82) is 0 Å². The van der Waals surface area contributed by atoms with Crippen molar-refractivity contribution >= 4 is 17.0 Å². The molecule has 1 saturated carbocycles. The maximum absolute atomic E-state index is 12.9. The van der Waals surface area contributed by atoms with E-state index in [1.807, 2.05) is 11.6 Å². The second-order valence-corrected chi connectivity index (χ2v) is 12.0. The van der Waals surface area contributed by atoms with E-state index in [0.29, 0.717) is 18.6 Å². The third-order valence-electron chi connectivity index (χ3n) is 8.42. The number of hydrogen-bond acceptors (Lipinski definition) is 4. The Morgan fingerprint density at radius 2 is 1.88 bits per heavy atom. The highest BCUT2D eigenvalue weighted by Crippen LogP contribution is 2.44. The van der Waals surface area contributed by atoms with Crippen molar-refractivity contribution in [1.82, 2.24) is 19.0 Å². The lowest BCUT2D eigenvalue weighted by atomic mass is 9.87. The van der Waals surface area contributed by atoms with Crippen molar-refractivity contribution < 1.29 is 0 Å². The second-order valence-electron chi connectivity index (χ2n) is 12.0. The van der Waals surface area contributed by atoms with Gasteiger partial charge in [-0.2, -0.15) is 0 Å². The SMILES string of the molecule is Cn1c(=O)n(CC(C)(C)C)c2ccc(N3CC4CCC3CN4CC3CC4C=CC3C4)nc21. The Hall–Kier alpha value is -2.08. The molecule has 5 atom stereocenters. The zero-order valence-electron chi connectivity index (χ0n) is 20.0. The Kier molecular flexibility index (Phi) is 4.62. The highest BCUT2D eigenvalue weighted by atomic mass is 16.1. The lowest BCUT2D eigenvalue weighted by Crippen LogP contribution is -2.63. The predicted molar refractivity (Wildman–Crippen MR) is 129 cm³/mol. The fraction of sp³-hybridized carbons (Fsp3) is 0.692. The lowest BCUT2D eigenvalue weighted by Gasteiger charge is -2.53. The van der Waals surface area contributed by atoms with Crippen LogP contribution in [0.2, 0.25) is 0 Å². The Balaban J connectivity index is 1.23. The number of fused-ring (bicyclic) bond motifs is 6. The molecule has 3 aliphatic heterocycles. The van der Waals surface area contributed by atoms with Gasteiger partial charge < -0.3 is 4.90 Å². The maximum Gasteiger partial charge on any atom is 0.330 e. The number of allylic oxidation sites excluding steroid dienone is 2. The van der Waals surface area contributed by atoms with Gasteiger partial charge in [-0.3, -0.25) is 14.0 Å². The summed E-state index contributed by atoms with van der Waals surface area (Å²) in [5, 5.41) is 0. The van der Waals surface area contributed by atoms with Gasteiger partial charge in [0.15, 0.2) is 5.65 Å². The van der Waals surface area contributed by atoms with Crippen LogP contribution in [0.15, 0.2) is 29.1 Å². The topological polar surface area (TPSA) is 46.3 Å². The summed E-state index contributed by atoms with van der Waals surface area (Å²) in [7, 11) is 1.86. The molecule has 4 fully saturated rings. The van der Waals surface area contributed by atoms with E-state index in [0.717, 1.165) is 47.8 Å². The van der Waals surface area contributed by atoms with Crippen molar-refractivity contribution in [2.24, 2.45) is 30.2 Å². The van der Waals surface area contributed by atoms with Crippen molar-refractivity contribution in [3.8, 4) is 0 Å². The van der Waals surface area contributed by atoms with E-state index >= 15 is 0 Å². The number of piperidine rings is 2. The fourth-order valence-corrected chi connectivity index (χ4v) is 6.88. The molecule has 5 heterocycles. The van der Waals surface area contributed by atoms with E-state index in [1.165, 1.54) is 32.2 Å². The van der Waals surface area contributed by atoms with Crippen molar-refractivity contribution in [3.63, 3.8) is 0 Å². The van der Waals surface area contributed by atoms with Gasteiger partial charge in [-0.25, -0.2) is 9.78 Å². The molecule has 0 spiro atoms. The molecular weight excluding hydrogens is 398 g/mol. The molecule has 32 heavy (non-hydrogen) atoms. The minimum atomic E-state index is 0.0332. The summed E-state index contributed by atoms with van der Waals surface area (Å²) >= 11 is 0. The maximum atomic E-state index is 12.9. The molecule has 2 aliphatic carbocycles. The number of imidazole rings is 1. The van der Waals surface area contributed by atoms with E-state index in [-0.39, 0.29) is 11.1 Å². The van der Waals surface area contributed by atoms with Crippen molar-refractivity contribution in [2.75, 3.05) is 24.5 Å². The molecule has 0 aromatic carbocycles. The predicted octanol–water partition coefficient (Wildman–Crippen LogP) is 3.65. The van der Waals surface area contributed by atoms with Gasteiger partial charge in [0.1, 0.15) is 5.82 Å². The van der Waals surface area contributed by atoms with Crippen molar-refractivity contribution in [2.45, 2.75) is 65.1 Å². The van der Waals surface area contributed by atoms with E-state index in [4.69, 9.17) is 4.98 Å². The highest BCUT2D eigenvalue weighted by Gasteiger charge is 2.43. The van der Waals surface area contributed by atoms with Gasteiger partial charge in [0, 0.05) is 45.3 Å². The minimum absolute atomic E-state index is 0.0332. The zero-order valence-corrected chi connectivity index (χ0v) is 20.0. The number of piperazine rings is 1. The summed E-state index contributed by atoms with van der Waals surface area (Å²) in [5.41, 5.74) is 1.83. The zero-order chi connectivity index (χ0) is 22.2. The van der Waals surface area contributed by atoms with Crippen molar-refractivity contribution in [3.05, 3.63) is 34.8 Å². The highest BCUT2D eigenvalue weighted by molar-refractivity contribution is 5.74. The fourth-order valence-electron chi connectivity index (χ4n) is 6.88. The van der Waals surface area contributed by atoms with Crippen LogP contribution in [0.5, 0.6) is 0 Å². The first-order valence-corrected chi connectivity index (χ1v) is 12.5. The summed E-state index contributed by atoms with van der Waals surface area (Å²) in [6.45, 7) is 10.7. The first kappa shape index (κ1) is 20.5. The standard InChI is InChI=1S/C26H37N5O/c1-26(2,3)16-31-22-9-10-23(27-24(22)28(4)25(31)32)30-15-20-7-8-21(30)14-29(20)13-19-12-17-5-6-18(19)11-17/h5-6,9-10,17-21H,7-8,11-16H2,1-4H3. The average Bonchev–Trinajstić information content (AvgIpc) is 3.44. The lowest BCUT2D eigenvalue weighted by molar-refractivity contribution is 0.0744. The van der Waals surface area contributed by atoms with Crippen LogP contribution in [0.4, 0.5) is 5.82 Å². The minimum Gasteiger partial charge on any atom is -0.351 e. The van der Waals surface area contributed by atoms with Crippen LogP contribution in [0, 0.1) is 23.2 Å². The Labute approximate surface area is 190 Å². The normalized spacial score (nSPS) is 32.0. The molecule has 4 bridgehead atoms. The van der Waals surface area contributed by atoms with Gasteiger partial charge in [-0.15, -0.1) is 0 Å². The quantitative estimate of drug-likeness (QED) is 0.688. The molecule has 0 radical (unpaired) electrons. The summed E-state index contributed by atoms with van der Waals surface area (Å²) in [4.78, 5) is 23.2. The number of rotatable bonds is 4. The van der Waals surface area contributed by atoms with Gasteiger partial charge >= 0.3 is 5.69 Å². The van der Waals surface area contributed by atoms with Gasteiger partial charge in [-0.1, -0.05) is 32.9 Å². The van der Waals surface area contributed by atoms with E-state index in [2.05, 4.69) is 54.9 Å². The number of nitrogens with zero attached hydrogens (tertiary/aromatic N) is 5. The summed E-state index contributed by atoms with van der Waals surface area (Å²) in [5.74, 6) is 3.60. The first-order chi connectivity index (χ1) is 15.3. The third kappa shape index (κ3) is 3.33. The van der Waals surface area contributed by atoms with Crippen LogP contribution in [-0.2, 0) is 13.6 Å². The molecule has 7 rings (SSSR count). The molecule has 172 valence electrons. The molecule has 3 saturated heterocycles. The van der Waals surface area contributed by atoms with Gasteiger partial charge in [0.05, 0.1) is 5.52 Å². The first-order valence-electron chi connectivity index (χ1n) is 12.5. The Bertz CT molecular complexity index is 1120. The van der Waals surface area contributed by atoms with Gasteiger partial charge in [0.25, 0.3) is 0 Å². The van der Waals surface area contributed by atoms with Crippen LogP contribution in [0.25, 0.3) is 11.2 Å². The number of aryl methyl sites for hydroxylation is 1. The third-order valence-corrected chi connectivity index (χ3v) is 8.42. The smallest absolute Gasteiger partial charge is 0.330 e. The summed E-state index contributed by atoms with van der Waals surface area (Å²) < 4.78 is 3.61. The number of pyridine rings is 1. The summed E-state index contributed by atoms with van der Waals surface area (Å²) in [6, 6.07) is 5.43. The van der Waals surface area contributed by atoms with Crippen LogP contribution in [-0.4, -0.2) is 50.7 Å². The van der Waals surface area contributed by atoms with Crippen LogP contribution in [0.1, 0.15) is 46.5 Å². The van der Waals surface area contributed by atoms with Gasteiger partial charge in [-0.05, 0) is 61.0 Å². The van der Waals surface area contributed by atoms with Crippen LogP contribution >= 0.6 is 0 Å². The molecule has 5 aliphatic rings. The largest absolute Gasteiger partial charge is 0.351 e. The van der Waals surface area contributed by atoms with Crippen LogP contribution < -0.4 is 10.6 Å². The monoisotopic (exact) mass is 435 g/mol. The molecular formula is C26H37N5O. The Morgan fingerprint density at radius 1 is 1.06 bits per heavy atom. The molecule has 0 N–H and O–H groups in total. The molecule has 5 unspecified atom stereocenters. The number of hydrogen-bond donors (Lipinski definition) is 0. The molecule has 2 aromatic heterocycles. The van der Waals surface area contributed by atoms with Crippen LogP contribution in [0.3, 0.4) is 0 Å². The molecule has 6 nitrogen and oxygen atoms in total. The molecule has 2 aromatic rings. The number of aromatic nitrogens is 3. The van der Waals surface area contributed by atoms with Gasteiger partial charge in [0.2, 0.25) is 0 Å². The molecule has 0 amide bonds. The number of anilines is 1. The molecule has 6 heteroatoms. The van der Waals surface area contributed by atoms with E-state index in [9.17, 15) is 4.79 Å². The Morgan fingerprint density at radius 3 is 2.53 bits per heavy atom. The summed E-state index contributed by atoms with van der Waals surface area (Å²) in [6.07, 6.45) is 10.3. The second kappa shape index (κ2) is 7.21. The average molecular weight is 436 g/mol. The van der Waals surface area contributed by atoms with E-state index < -0.39 is 0 Å².